The third-order valence-electron chi connectivity index (χ3n) is 4.29. The van der Waals surface area contributed by atoms with Crippen molar-refractivity contribution >= 4 is 21.5 Å². The van der Waals surface area contributed by atoms with Crippen LogP contribution in [0.1, 0.15) is 5.56 Å². The third-order valence-corrected chi connectivity index (χ3v) is 4.29. The molecule has 0 bridgehead atoms. The summed E-state index contributed by atoms with van der Waals surface area (Å²) >= 11 is 0. The largest absolute Gasteiger partial charge is 0.507 e. The number of hydrogen-bond acceptors (Lipinski definition) is 1. The summed E-state index contributed by atoms with van der Waals surface area (Å²) < 4.78 is 0. The van der Waals surface area contributed by atoms with Crippen molar-refractivity contribution in [3.63, 3.8) is 0 Å². The first kappa shape index (κ1) is 12.9. The second kappa shape index (κ2) is 4.88. The number of phenolic OH excluding ortho intramolecular Hbond substituents is 1. The fourth-order valence-corrected chi connectivity index (χ4v) is 3.26. The average Bonchev–Trinajstić information content (AvgIpc) is 2.55. The molecular formula is C21H16O. The van der Waals surface area contributed by atoms with E-state index >= 15 is 0 Å². The highest BCUT2D eigenvalue weighted by Crippen LogP contribution is 2.40. The highest BCUT2D eigenvalue weighted by Gasteiger charge is 2.13. The predicted molar refractivity (Wildman–Crippen MR) is 93.3 cm³/mol. The van der Waals surface area contributed by atoms with Crippen LogP contribution in [0.2, 0.25) is 0 Å². The number of rotatable bonds is 1. The molecule has 22 heavy (non-hydrogen) atoms. The molecule has 4 rings (SSSR count). The van der Waals surface area contributed by atoms with E-state index in [0.717, 1.165) is 27.5 Å². The van der Waals surface area contributed by atoms with Crippen molar-refractivity contribution in [2.75, 3.05) is 0 Å². The highest BCUT2D eigenvalue weighted by molar-refractivity contribution is 6.08. The lowest BCUT2D eigenvalue weighted by Gasteiger charge is -2.14. The van der Waals surface area contributed by atoms with Crippen LogP contribution in [0, 0.1) is 6.92 Å². The van der Waals surface area contributed by atoms with Gasteiger partial charge in [0.15, 0.2) is 0 Å². The monoisotopic (exact) mass is 284 g/mol. The van der Waals surface area contributed by atoms with E-state index < -0.39 is 0 Å². The molecule has 0 unspecified atom stereocenters. The van der Waals surface area contributed by atoms with Crippen LogP contribution in [0.4, 0.5) is 0 Å². The third kappa shape index (κ3) is 1.86. The Balaban J connectivity index is 2.18. The first-order valence-corrected chi connectivity index (χ1v) is 7.45. The number of aryl methyl sites for hydroxylation is 1. The number of aromatic hydroxyl groups is 1. The molecule has 0 amide bonds. The van der Waals surface area contributed by atoms with Crippen LogP contribution in [0.15, 0.2) is 72.8 Å². The maximum atomic E-state index is 10.6. The predicted octanol–water partition coefficient (Wildman–Crippen LogP) is 5.67. The molecule has 4 aromatic carbocycles. The van der Waals surface area contributed by atoms with Gasteiger partial charge in [-0.1, -0.05) is 66.7 Å². The van der Waals surface area contributed by atoms with E-state index in [1.807, 2.05) is 43.3 Å². The molecule has 106 valence electrons. The topological polar surface area (TPSA) is 20.2 Å². The molecule has 0 aromatic heterocycles. The second-order valence-electron chi connectivity index (χ2n) is 5.66. The molecule has 1 heteroatoms. The smallest absolute Gasteiger partial charge is 0.124 e. The number of hydrogen-bond donors (Lipinski definition) is 1. The summed E-state index contributed by atoms with van der Waals surface area (Å²) in [5.41, 5.74) is 3.09. The second-order valence-corrected chi connectivity index (χ2v) is 5.66. The Labute approximate surface area is 129 Å². The summed E-state index contributed by atoms with van der Waals surface area (Å²) in [4.78, 5) is 0. The fourth-order valence-electron chi connectivity index (χ4n) is 3.26. The van der Waals surface area contributed by atoms with Crippen LogP contribution in [0.3, 0.4) is 0 Å². The van der Waals surface area contributed by atoms with Gasteiger partial charge in [-0.15, -0.1) is 0 Å². The van der Waals surface area contributed by atoms with Crippen LogP contribution in [0.25, 0.3) is 32.7 Å². The summed E-state index contributed by atoms with van der Waals surface area (Å²) in [6.45, 7) is 2.04. The van der Waals surface area contributed by atoms with Crippen molar-refractivity contribution < 1.29 is 5.11 Å². The Kier molecular flexibility index (Phi) is 2.87. The van der Waals surface area contributed by atoms with Crippen molar-refractivity contribution in [3.05, 3.63) is 78.4 Å². The van der Waals surface area contributed by atoms with Gasteiger partial charge in [0.05, 0.1) is 0 Å². The lowest BCUT2D eigenvalue weighted by Crippen LogP contribution is -1.87. The van der Waals surface area contributed by atoms with Crippen molar-refractivity contribution in [2.24, 2.45) is 0 Å². The zero-order valence-corrected chi connectivity index (χ0v) is 12.4. The van der Waals surface area contributed by atoms with E-state index in [4.69, 9.17) is 0 Å². The van der Waals surface area contributed by atoms with E-state index in [1.165, 1.54) is 10.8 Å². The minimum Gasteiger partial charge on any atom is -0.507 e. The van der Waals surface area contributed by atoms with Gasteiger partial charge in [0.1, 0.15) is 5.75 Å². The molecule has 0 aliphatic rings. The van der Waals surface area contributed by atoms with Gasteiger partial charge in [-0.05, 0) is 45.7 Å². The van der Waals surface area contributed by atoms with Gasteiger partial charge in [-0.2, -0.15) is 0 Å². The molecular weight excluding hydrogens is 268 g/mol. The van der Waals surface area contributed by atoms with Crippen LogP contribution in [0.5, 0.6) is 5.75 Å². The summed E-state index contributed by atoms with van der Waals surface area (Å²) in [6, 6.07) is 24.6. The van der Waals surface area contributed by atoms with Crippen LogP contribution in [-0.4, -0.2) is 5.11 Å². The van der Waals surface area contributed by atoms with Crippen molar-refractivity contribution in [2.45, 2.75) is 6.92 Å². The Bertz CT molecular complexity index is 994. The molecule has 0 saturated carbocycles. The summed E-state index contributed by atoms with van der Waals surface area (Å²) in [7, 11) is 0. The summed E-state index contributed by atoms with van der Waals surface area (Å²) in [6.07, 6.45) is 0. The molecule has 1 N–H and O–H groups in total. The Hall–Kier alpha value is -2.80. The van der Waals surface area contributed by atoms with Crippen LogP contribution in [-0.2, 0) is 0 Å². The Morgan fingerprint density at radius 2 is 1.32 bits per heavy atom. The lowest BCUT2D eigenvalue weighted by molar-refractivity contribution is 0.478. The Morgan fingerprint density at radius 3 is 2.14 bits per heavy atom. The maximum absolute atomic E-state index is 10.6. The molecule has 0 heterocycles. The van der Waals surface area contributed by atoms with Gasteiger partial charge in [0.2, 0.25) is 0 Å². The molecule has 0 fully saturated rings. The van der Waals surface area contributed by atoms with Gasteiger partial charge >= 0.3 is 0 Å². The van der Waals surface area contributed by atoms with E-state index in [2.05, 4.69) is 36.4 Å². The SMILES string of the molecule is Cc1cc(O)c(-c2cccc3ccccc23)c2ccccc12. The van der Waals surface area contributed by atoms with Gasteiger partial charge in [0.25, 0.3) is 0 Å². The number of fused-ring (bicyclic) bond motifs is 2. The van der Waals surface area contributed by atoms with Crippen LogP contribution < -0.4 is 0 Å². The normalized spacial score (nSPS) is 11.1. The molecule has 0 radical (unpaired) electrons. The van der Waals surface area contributed by atoms with Gasteiger partial charge in [0, 0.05) is 5.56 Å². The molecule has 0 aliphatic heterocycles. The summed E-state index contributed by atoms with van der Waals surface area (Å²) in [5, 5.41) is 15.2. The molecule has 0 aliphatic carbocycles. The maximum Gasteiger partial charge on any atom is 0.124 e. The first-order valence-electron chi connectivity index (χ1n) is 7.45. The number of benzene rings is 4. The lowest BCUT2D eigenvalue weighted by atomic mass is 9.91. The zero-order valence-electron chi connectivity index (χ0n) is 12.4. The molecule has 4 aromatic rings. The quantitative estimate of drug-likeness (QED) is 0.477. The van der Waals surface area contributed by atoms with Crippen molar-refractivity contribution in [1.29, 1.82) is 0 Å². The van der Waals surface area contributed by atoms with E-state index in [0.29, 0.717) is 5.75 Å². The minimum absolute atomic E-state index is 0.340. The van der Waals surface area contributed by atoms with Crippen molar-refractivity contribution in [1.82, 2.24) is 0 Å². The van der Waals surface area contributed by atoms with E-state index in [1.54, 1.807) is 0 Å². The Morgan fingerprint density at radius 1 is 0.682 bits per heavy atom. The fraction of sp³-hybridized carbons (Fsp3) is 0.0476. The van der Waals surface area contributed by atoms with Gasteiger partial charge in [-0.25, -0.2) is 0 Å². The average molecular weight is 284 g/mol. The van der Waals surface area contributed by atoms with E-state index in [-0.39, 0.29) is 0 Å². The highest BCUT2D eigenvalue weighted by atomic mass is 16.3. The molecule has 0 spiro atoms. The molecule has 0 atom stereocenters. The molecule has 1 nitrogen and oxygen atoms in total. The van der Waals surface area contributed by atoms with E-state index in [9.17, 15) is 5.11 Å². The molecule has 0 saturated heterocycles. The van der Waals surface area contributed by atoms with Crippen molar-refractivity contribution in [3.8, 4) is 16.9 Å². The number of phenols is 1. The minimum atomic E-state index is 0.340. The van der Waals surface area contributed by atoms with Crippen LogP contribution >= 0.6 is 0 Å². The first-order chi connectivity index (χ1) is 10.8. The zero-order chi connectivity index (χ0) is 15.1. The van der Waals surface area contributed by atoms with Gasteiger partial charge < -0.3 is 5.11 Å². The van der Waals surface area contributed by atoms with Gasteiger partial charge in [-0.3, -0.25) is 0 Å². The standard InChI is InChI=1S/C21H16O/c1-14-13-20(22)21(18-11-5-4-9-16(14)18)19-12-6-8-15-7-2-3-10-17(15)19/h2-13,22H,1H3. The summed E-state index contributed by atoms with van der Waals surface area (Å²) in [5.74, 6) is 0.340.